The molecule has 1 saturated carbocycles. The van der Waals surface area contributed by atoms with E-state index in [9.17, 15) is 0 Å². The lowest BCUT2D eigenvalue weighted by molar-refractivity contribution is 0.441. The van der Waals surface area contributed by atoms with Gasteiger partial charge in [0.15, 0.2) is 0 Å². The van der Waals surface area contributed by atoms with Crippen LogP contribution >= 0.6 is 0 Å². The van der Waals surface area contributed by atoms with Gasteiger partial charge in [-0.3, -0.25) is 0 Å². The van der Waals surface area contributed by atoms with Crippen molar-refractivity contribution in [1.29, 1.82) is 0 Å². The summed E-state index contributed by atoms with van der Waals surface area (Å²) in [5.41, 5.74) is 1.17. The Kier molecular flexibility index (Phi) is 5.62. The van der Waals surface area contributed by atoms with Crippen LogP contribution in [-0.2, 0) is 6.42 Å². The predicted molar refractivity (Wildman–Crippen MR) is 80.6 cm³/mol. The molecule has 3 nitrogen and oxygen atoms in total. The lowest BCUT2D eigenvalue weighted by Gasteiger charge is -2.19. The Bertz CT molecular complexity index is 382. The Labute approximate surface area is 117 Å². The first kappa shape index (κ1) is 14.3. The highest BCUT2D eigenvalue weighted by Gasteiger charge is 2.17. The van der Waals surface area contributed by atoms with Crippen LogP contribution < -0.4 is 5.32 Å². The van der Waals surface area contributed by atoms with E-state index in [1.54, 1.807) is 0 Å². The summed E-state index contributed by atoms with van der Waals surface area (Å²) in [7, 11) is 0. The summed E-state index contributed by atoms with van der Waals surface area (Å²) in [6, 6.07) is 2.09. The van der Waals surface area contributed by atoms with Gasteiger partial charge in [0.25, 0.3) is 0 Å². The van der Waals surface area contributed by atoms with E-state index in [2.05, 4.69) is 25.2 Å². The van der Waals surface area contributed by atoms with Gasteiger partial charge in [-0.15, -0.1) is 0 Å². The van der Waals surface area contributed by atoms with E-state index < -0.39 is 0 Å². The first-order valence-corrected chi connectivity index (χ1v) is 7.95. The number of aromatic nitrogens is 2. The molecule has 0 amide bonds. The zero-order chi connectivity index (χ0) is 13.5. The van der Waals surface area contributed by atoms with Crippen molar-refractivity contribution < 1.29 is 0 Å². The molecule has 0 atom stereocenters. The largest absolute Gasteiger partial charge is 0.370 e. The number of nitrogens with zero attached hydrogens (tertiary/aromatic N) is 2. The van der Waals surface area contributed by atoms with E-state index in [0.717, 1.165) is 24.6 Å². The molecule has 1 N–H and O–H groups in total. The number of aryl methyl sites for hydroxylation is 1. The standard InChI is InChI=1S/C16H27N3/c1-3-14-12-15(17-4-2)19-16(18-14)13-10-8-6-5-7-9-11-13/h12-13H,3-11H2,1-2H3,(H,17,18,19). The van der Waals surface area contributed by atoms with E-state index in [0.29, 0.717) is 5.92 Å². The van der Waals surface area contributed by atoms with Gasteiger partial charge in [0.1, 0.15) is 11.6 Å². The first-order chi connectivity index (χ1) is 9.33. The molecule has 3 heteroatoms. The van der Waals surface area contributed by atoms with E-state index in [1.165, 1.54) is 50.6 Å². The molecule has 0 aliphatic heterocycles. The molecule has 1 aliphatic carbocycles. The summed E-state index contributed by atoms with van der Waals surface area (Å²) >= 11 is 0. The fourth-order valence-corrected chi connectivity index (χ4v) is 2.87. The molecule has 0 aromatic carbocycles. The van der Waals surface area contributed by atoms with Gasteiger partial charge in [-0.2, -0.15) is 0 Å². The average Bonchev–Trinajstić information content (AvgIpc) is 2.38. The minimum atomic E-state index is 0.573. The van der Waals surface area contributed by atoms with E-state index in [4.69, 9.17) is 9.97 Å². The maximum absolute atomic E-state index is 4.78. The molecule has 19 heavy (non-hydrogen) atoms. The SMILES string of the molecule is CCNc1cc(CC)nc(C2CCCCCCC2)n1. The van der Waals surface area contributed by atoms with Crippen LogP contribution in [0.1, 0.15) is 76.2 Å². The maximum Gasteiger partial charge on any atom is 0.134 e. The zero-order valence-corrected chi connectivity index (χ0v) is 12.4. The molecule has 2 rings (SSSR count). The summed E-state index contributed by atoms with van der Waals surface area (Å²) in [6.45, 7) is 5.20. The Morgan fingerprint density at radius 1 is 1.05 bits per heavy atom. The third-order valence-corrected chi connectivity index (χ3v) is 3.99. The van der Waals surface area contributed by atoms with Crippen LogP contribution in [0.2, 0.25) is 0 Å². The highest BCUT2D eigenvalue weighted by molar-refractivity contribution is 5.36. The monoisotopic (exact) mass is 261 g/mol. The molecule has 1 aromatic rings. The molecular weight excluding hydrogens is 234 g/mol. The molecule has 106 valence electrons. The third-order valence-electron chi connectivity index (χ3n) is 3.99. The van der Waals surface area contributed by atoms with Crippen molar-refractivity contribution in [3.8, 4) is 0 Å². The number of hydrogen-bond acceptors (Lipinski definition) is 3. The van der Waals surface area contributed by atoms with Crippen molar-refractivity contribution in [2.75, 3.05) is 11.9 Å². The third kappa shape index (κ3) is 4.19. The normalized spacial score (nSPS) is 17.8. The minimum absolute atomic E-state index is 0.573. The van der Waals surface area contributed by atoms with Crippen LogP contribution in [-0.4, -0.2) is 16.5 Å². The minimum Gasteiger partial charge on any atom is -0.370 e. The van der Waals surface area contributed by atoms with E-state index >= 15 is 0 Å². The topological polar surface area (TPSA) is 37.8 Å². The second kappa shape index (κ2) is 7.46. The van der Waals surface area contributed by atoms with E-state index in [-0.39, 0.29) is 0 Å². The van der Waals surface area contributed by atoms with Gasteiger partial charge in [0, 0.05) is 24.2 Å². The molecule has 1 aliphatic rings. The van der Waals surface area contributed by atoms with E-state index in [1.807, 2.05) is 0 Å². The second-order valence-corrected chi connectivity index (χ2v) is 5.53. The Balaban J connectivity index is 2.17. The molecule has 0 saturated heterocycles. The highest BCUT2D eigenvalue weighted by Crippen LogP contribution is 2.29. The van der Waals surface area contributed by atoms with Gasteiger partial charge < -0.3 is 5.32 Å². The number of nitrogens with one attached hydrogen (secondary N) is 1. The van der Waals surface area contributed by atoms with Crippen LogP contribution in [0.3, 0.4) is 0 Å². The fraction of sp³-hybridized carbons (Fsp3) is 0.750. The van der Waals surface area contributed by atoms with Crippen LogP contribution in [0, 0.1) is 0 Å². The molecular formula is C16H27N3. The molecule has 1 fully saturated rings. The lowest BCUT2D eigenvalue weighted by atomic mass is 9.90. The Hall–Kier alpha value is -1.12. The van der Waals surface area contributed by atoms with Crippen LogP contribution in [0.4, 0.5) is 5.82 Å². The fourth-order valence-electron chi connectivity index (χ4n) is 2.87. The predicted octanol–water partition coefficient (Wildman–Crippen LogP) is 4.30. The molecule has 0 radical (unpaired) electrons. The Morgan fingerprint density at radius 2 is 1.74 bits per heavy atom. The van der Waals surface area contributed by atoms with Gasteiger partial charge in [0.05, 0.1) is 0 Å². The van der Waals surface area contributed by atoms with Crippen molar-refractivity contribution in [3.05, 3.63) is 17.6 Å². The number of hydrogen-bond donors (Lipinski definition) is 1. The Morgan fingerprint density at radius 3 is 2.37 bits per heavy atom. The summed E-state index contributed by atoms with van der Waals surface area (Å²) in [5, 5.41) is 3.34. The smallest absolute Gasteiger partial charge is 0.134 e. The first-order valence-electron chi connectivity index (χ1n) is 7.95. The summed E-state index contributed by atoms with van der Waals surface area (Å²) in [6.07, 6.45) is 10.3. The summed E-state index contributed by atoms with van der Waals surface area (Å²) < 4.78 is 0. The van der Waals surface area contributed by atoms with Gasteiger partial charge in [-0.05, 0) is 26.2 Å². The number of anilines is 1. The van der Waals surface area contributed by atoms with Crippen LogP contribution in [0.5, 0.6) is 0 Å². The molecule has 0 unspecified atom stereocenters. The second-order valence-electron chi connectivity index (χ2n) is 5.53. The van der Waals surface area contributed by atoms with Crippen molar-refractivity contribution in [2.24, 2.45) is 0 Å². The highest BCUT2D eigenvalue weighted by atomic mass is 15.0. The zero-order valence-electron chi connectivity index (χ0n) is 12.4. The van der Waals surface area contributed by atoms with Crippen LogP contribution in [0.25, 0.3) is 0 Å². The van der Waals surface area contributed by atoms with Crippen molar-refractivity contribution >= 4 is 5.82 Å². The van der Waals surface area contributed by atoms with Crippen LogP contribution in [0.15, 0.2) is 6.07 Å². The van der Waals surface area contributed by atoms with Gasteiger partial charge in [-0.25, -0.2) is 9.97 Å². The molecule has 1 aromatic heterocycles. The van der Waals surface area contributed by atoms with Gasteiger partial charge in [0.2, 0.25) is 0 Å². The van der Waals surface area contributed by atoms with Gasteiger partial charge >= 0.3 is 0 Å². The quantitative estimate of drug-likeness (QED) is 0.878. The number of rotatable bonds is 4. The van der Waals surface area contributed by atoms with Gasteiger partial charge in [-0.1, -0.05) is 39.0 Å². The van der Waals surface area contributed by atoms with Crippen molar-refractivity contribution in [1.82, 2.24) is 9.97 Å². The molecule has 0 bridgehead atoms. The lowest BCUT2D eigenvalue weighted by Crippen LogP contribution is -2.11. The summed E-state index contributed by atoms with van der Waals surface area (Å²) in [5.74, 6) is 2.66. The maximum atomic E-state index is 4.78. The average molecular weight is 261 g/mol. The molecule has 0 spiro atoms. The molecule has 1 heterocycles. The summed E-state index contributed by atoms with van der Waals surface area (Å²) in [4.78, 5) is 9.52. The van der Waals surface area contributed by atoms with Crippen molar-refractivity contribution in [2.45, 2.75) is 71.1 Å². The van der Waals surface area contributed by atoms with Crippen molar-refractivity contribution in [3.63, 3.8) is 0 Å².